The van der Waals surface area contributed by atoms with E-state index in [4.69, 9.17) is 23.2 Å². The van der Waals surface area contributed by atoms with Gasteiger partial charge in [-0.05, 0) is 45.3 Å². The van der Waals surface area contributed by atoms with Gasteiger partial charge in [-0.25, -0.2) is 14.6 Å². The average molecular weight is 385 g/mol. The molecule has 1 aromatic carbocycles. The van der Waals surface area contributed by atoms with Crippen molar-refractivity contribution < 1.29 is 14.7 Å². The van der Waals surface area contributed by atoms with Crippen LogP contribution >= 0.6 is 23.2 Å². The number of pyridine rings is 1. The number of hydrogen-bond donors (Lipinski definition) is 3. The van der Waals surface area contributed by atoms with E-state index in [2.05, 4.69) is 15.6 Å². The van der Waals surface area contributed by atoms with Gasteiger partial charge in [0.15, 0.2) is 5.69 Å². The molecule has 0 atom stereocenters. The van der Waals surface area contributed by atoms with E-state index in [-0.39, 0.29) is 16.4 Å². The number of halogens is 2. The van der Waals surface area contributed by atoms with Gasteiger partial charge in [-0.15, -0.1) is 0 Å². The highest BCUT2D eigenvalue weighted by Crippen LogP contribution is 2.33. The number of carbonyl (C=O) groups excluding carboxylic acids is 1. The molecule has 0 aliphatic rings. The highest BCUT2D eigenvalue weighted by Gasteiger charge is 2.16. The zero-order valence-electron chi connectivity index (χ0n) is 13.8. The molecule has 0 spiro atoms. The van der Waals surface area contributed by atoms with Crippen LogP contribution in [0.4, 0.5) is 10.5 Å². The summed E-state index contributed by atoms with van der Waals surface area (Å²) in [4.78, 5) is 29.4. The Kier molecular flexibility index (Phi) is 6.41. The monoisotopic (exact) mass is 384 g/mol. The molecule has 1 aromatic heterocycles. The molecule has 0 aliphatic heterocycles. The van der Waals surface area contributed by atoms with Crippen LogP contribution in [-0.2, 0) is 0 Å². The van der Waals surface area contributed by atoms with Gasteiger partial charge in [-0.3, -0.25) is 0 Å². The molecule has 2 aromatic rings. The van der Waals surface area contributed by atoms with E-state index in [1.807, 2.05) is 19.0 Å². The number of benzene rings is 1. The second-order valence-corrected chi connectivity index (χ2v) is 6.52. The van der Waals surface area contributed by atoms with Crippen molar-refractivity contribution in [1.29, 1.82) is 0 Å². The summed E-state index contributed by atoms with van der Waals surface area (Å²) in [5, 5.41) is 15.6. The summed E-state index contributed by atoms with van der Waals surface area (Å²) in [5.41, 5.74) is 0.336. The lowest BCUT2D eigenvalue weighted by atomic mass is 10.1. The third kappa shape index (κ3) is 5.19. The predicted molar refractivity (Wildman–Crippen MR) is 98.9 cm³/mol. The largest absolute Gasteiger partial charge is 0.477 e. The molecule has 0 aliphatic carbocycles. The number of carboxylic acids is 1. The zero-order chi connectivity index (χ0) is 18.6. The number of nitrogens with one attached hydrogen (secondary N) is 2. The first-order valence-corrected chi connectivity index (χ1v) is 8.26. The minimum atomic E-state index is -1.22. The second kappa shape index (κ2) is 8.33. The number of carbonyl (C=O) groups is 2. The second-order valence-electron chi connectivity index (χ2n) is 5.68. The summed E-state index contributed by atoms with van der Waals surface area (Å²) in [6.07, 6.45) is 0.786. The highest BCUT2D eigenvalue weighted by atomic mass is 35.5. The van der Waals surface area contributed by atoms with Gasteiger partial charge in [0.05, 0.1) is 16.2 Å². The van der Waals surface area contributed by atoms with Gasteiger partial charge in [0, 0.05) is 17.0 Å². The Hall–Kier alpha value is -2.09. The number of aromatic nitrogens is 1. The maximum absolute atomic E-state index is 12.1. The predicted octanol–water partition coefficient (Wildman–Crippen LogP) is 3.31. The Bertz CT molecular complexity index is 812. The van der Waals surface area contributed by atoms with Crippen LogP contribution in [0.15, 0.2) is 18.2 Å². The minimum absolute atomic E-state index is 0.214. The fourth-order valence-electron chi connectivity index (χ4n) is 2.26. The van der Waals surface area contributed by atoms with Crippen molar-refractivity contribution in [3.63, 3.8) is 0 Å². The average Bonchev–Trinajstić information content (AvgIpc) is 2.50. The first kappa shape index (κ1) is 19.2. The number of aromatic carboxylic acids is 1. The fraction of sp³-hybridized carbons (Fsp3) is 0.312. The smallest absolute Gasteiger partial charge is 0.354 e. The lowest BCUT2D eigenvalue weighted by Crippen LogP contribution is -2.31. The molecule has 0 fully saturated rings. The Morgan fingerprint density at radius 1 is 1.24 bits per heavy atom. The molecular weight excluding hydrogens is 367 g/mol. The minimum Gasteiger partial charge on any atom is -0.477 e. The summed E-state index contributed by atoms with van der Waals surface area (Å²) >= 11 is 12.1. The standard InChI is InChI=1S/C16H18Cl2N4O3/c1-22(2)5-3-4-19-16(25)21-12-8-13(15(23)24)20-11-7-9(17)6-10(18)14(11)12/h6-8H,3-5H2,1-2H3,(H,23,24)(H2,19,20,21,25). The summed E-state index contributed by atoms with van der Waals surface area (Å²) < 4.78 is 0. The number of urea groups is 1. The van der Waals surface area contributed by atoms with Crippen molar-refractivity contribution in [2.45, 2.75) is 6.42 Å². The quantitative estimate of drug-likeness (QED) is 0.664. The van der Waals surface area contributed by atoms with Gasteiger partial charge in [0.1, 0.15) is 0 Å². The van der Waals surface area contributed by atoms with Gasteiger partial charge in [0.2, 0.25) is 0 Å². The summed E-state index contributed by atoms with van der Waals surface area (Å²) in [6, 6.07) is 3.82. The molecule has 134 valence electrons. The molecule has 25 heavy (non-hydrogen) atoms. The molecule has 9 heteroatoms. The normalized spacial score (nSPS) is 10.9. The summed E-state index contributed by atoms with van der Waals surface area (Å²) in [5.74, 6) is -1.22. The zero-order valence-corrected chi connectivity index (χ0v) is 15.3. The lowest BCUT2D eigenvalue weighted by Gasteiger charge is -2.13. The summed E-state index contributed by atoms with van der Waals surface area (Å²) in [6.45, 7) is 1.32. The number of fused-ring (bicyclic) bond motifs is 1. The highest BCUT2D eigenvalue weighted by molar-refractivity contribution is 6.39. The van der Waals surface area contributed by atoms with E-state index in [1.54, 1.807) is 0 Å². The van der Waals surface area contributed by atoms with Crippen LogP contribution in [0.25, 0.3) is 10.9 Å². The van der Waals surface area contributed by atoms with Crippen LogP contribution in [0.3, 0.4) is 0 Å². The Morgan fingerprint density at radius 2 is 1.96 bits per heavy atom. The number of amides is 2. The third-order valence-corrected chi connectivity index (χ3v) is 3.88. The van der Waals surface area contributed by atoms with Gasteiger partial charge in [-0.2, -0.15) is 0 Å². The van der Waals surface area contributed by atoms with Crippen molar-refractivity contribution in [2.75, 3.05) is 32.5 Å². The van der Waals surface area contributed by atoms with Crippen molar-refractivity contribution in [2.24, 2.45) is 0 Å². The van der Waals surface area contributed by atoms with Crippen molar-refractivity contribution in [1.82, 2.24) is 15.2 Å². The van der Waals surface area contributed by atoms with E-state index in [0.717, 1.165) is 13.0 Å². The lowest BCUT2D eigenvalue weighted by molar-refractivity contribution is 0.0691. The fourth-order valence-corrected chi connectivity index (χ4v) is 2.84. The van der Waals surface area contributed by atoms with Crippen LogP contribution in [-0.4, -0.2) is 54.2 Å². The first-order chi connectivity index (χ1) is 11.8. The van der Waals surface area contributed by atoms with E-state index >= 15 is 0 Å². The van der Waals surface area contributed by atoms with E-state index in [1.165, 1.54) is 18.2 Å². The Labute approximate surface area is 154 Å². The number of rotatable bonds is 6. The van der Waals surface area contributed by atoms with E-state index in [9.17, 15) is 14.7 Å². The molecular formula is C16H18Cl2N4O3. The number of anilines is 1. The molecule has 0 radical (unpaired) electrons. The topological polar surface area (TPSA) is 94.6 Å². The van der Waals surface area contributed by atoms with E-state index in [0.29, 0.717) is 22.5 Å². The molecule has 0 bridgehead atoms. The SMILES string of the molecule is CN(C)CCCNC(=O)Nc1cc(C(=O)O)nc2cc(Cl)cc(Cl)c12. The molecule has 7 nitrogen and oxygen atoms in total. The number of nitrogens with zero attached hydrogens (tertiary/aromatic N) is 2. The Morgan fingerprint density at radius 3 is 2.60 bits per heavy atom. The molecule has 0 saturated heterocycles. The Balaban J connectivity index is 2.26. The molecule has 2 rings (SSSR count). The molecule has 0 unspecified atom stereocenters. The molecule has 2 amide bonds. The maximum atomic E-state index is 12.1. The number of hydrogen-bond acceptors (Lipinski definition) is 4. The van der Waals surface area contributed by atoms with Crippen LogP contribution in [0.5, 0.6) is 0 Å². The van der Waals surface area contributed by atoms with Crippen LogP contribution in [0, 0.1) is 0 Å². The van der Waals surface area contributed by atoms with Gasteiger partial charge in [0.25, 0.3) is 0 Å². The maximum Gasteiger partial charge on any atom is 0.354 e. The molecule has 1 heterocycles. The third-order valence-electron chi connectivity index (χ3n) is 3.36. The van der Waals surface area contributed by atoms with Gasteiger partial charge >= 0.3 is 12.0 Å². The van der Waals surface area contributed by atoms with Crippen LogP contribution < -0.4 is 10.6 Å². The molecule has 0 saturated carbocycles. The van der Waals surface area contributed by atoms with E-state index < -0.39 is 12.0 Å². The van der Waals surface area contributed by atoms with Crippen LogP contribution in [0.1, 0.15) is 16.9 Å². The van der Waals surface area contributed by atoms with Crippen molar-refractivity contribution >= 4 is 51.8 Å². The van der Waals surface area contributed by atoms with Gasteiger partial charge < -0.3 is 20.6 Å². The van der Waals surface area contributed by atoms with Crippen LogP contribution in [0.2, 0.25) is 10.0 Å². The van der Waals surface area contributed by atoms with Crippen molar-refractivity contribution in [3.8, 4) is 0 Å². The number of carboxylic acid groups (broad SMARTS) is 1. The molecule has 3 N–H and O–H groups in total. The summed E-state index contributed by atoms with van der Waals surface area (Å²) in [7, 11) is 3.90. The van der Waals surface area contributed by atoms with Gasteiger partial charge in [-0.1, -0.05) is 23.2 Å². The van der Waals surface area contributed by atoms with Crippen molar-refractivity contribution in [3.05, 3.63) is 33.9 Å². The first-order valence-electron chi connectivity index (χ1n) is 7.50.